The van der Waals surface area contributed by atoms with E-state index >= 15 is 0 Å². The number of hydrogen-bond donors (Lipinski definition) is 1. The third kappa shape index (κ3) is 3.26. The van der Waals surface area contributed by atoms with Crippen LogP contribution >= 0.6 is 11.6 Å². The quantitative estimate of drug-likeness (QED) is 0.831. The Bertz CT molecular complexity index is 426. The number of nitrogens with zero attached hydrogens (tertiary/aromatic N) is 1. The van der Waals surface area contributed by atoms with E-state index in [0.29, 0.717) is 0 Å². The number of methoxy groups -OCH3 is 1. The van der Waals surface area contributed by atoms with Crippen LogP contribution in [0.1, 0.15) is 23.2 Å². The molecular formula is C10H10ClF2NO3. The molecule has 0 fully saturated rings. The van der Waals surface area contributed by atoms with Crippen LogP contribution in [0, 0.1) is 0 Å². The SMILES string of the molecule is COc1cc(CCl)c(CC(=O)O)c(C(F)F)n1. The largest absolute Gasteiger partial charge is 0.481 e. The topological polar surface area (TPSA) is 59.4 Å². The lowest BCUT2D eigenvalue weighted by Gasteiger charge is -2.12. The Hall–Kier alpha value is -1.43. The molecule has 0 aliphatic rings. The van der Waals surface area contributed by atoms with Crippen LogP contribution in [-0.4, -0.2) is 23.2 Å². The summed E-state index contributed by atoms with van der Waals surface area (Å²) in [5, 5.41) is 8.67. The smallest absolute Gasteiger partial charge is 0.307 e. The minimum absolute atomic E-state index is 0.00918. The predicted octanol–water partition coefficient (Wildman–Crippen LogP) is 2.39. The molecule has 1 rings (SSSR count). The van der Waals surface area contributed by atoms with Crippen molar-refractivity contribution in [1.29, 1.82) is 0 Å². The molecule has 94 valence electrons. The first-order valence-corrected chi connectivity index (χ1v) is 5.15. The standard InChI is InChI=1S/C10H10ClF2NO3/c1-17-7-2-5(4-11)6(3-8(15)16)9(14-7)10(12)13/h2,10H,3-4H2,1H3,(H,15,16). The van der Waals surface area contributed by atoms with Gasteiger partial charge >= 0.3 is 5.97 Å². The summed E-state index contributed by atoms with van der Waals surface area (Å²) in [4.78, 5) is 14.2. The molecule has 17 heavy (non-hydrogen) atoms. The molecule has 1 heterocycles. The number of pyridine rings is 1. The van der Waals surface area contributed by atoms with Crippen LogP contribution in [0.5, 0.6) is 5.88 Å². The van der Waals surface area contributed by atoms with Crippen LogP contribution in [0.3, 0.4) is 0 Å². The number of carboxylic acids is 1. The molecule has 0 spiro atoms. The van der Waals surface area contributed by atoms with E-state index < -0.39 is 24.5 Å². The fourth-order valence-electron chi connectivity index (χ4n) is 1.38. The molecule has 0 aliphatic carbocycles. The van der Waals surface area contributed by atoms with Crippen LogP contribution in [0.25, 0.3) is 0 Å². The second-order valence-corrected chi connectivity index (χ2v) is 3.46. The van der Waals surface area contributed by atoms with Crippen LogP contribution < -0.4 is 4.74 Å². The summed E-state index contributed by atoms with van der Waals surface area (Å²) in [6, 6.07) is 1.36. The van der Waals surface area contributed by atoms with Crippen LogP contribution in [0.4, 0.5) is 8.78 Å². The number of carbonyl (C=O) groups is 1. The molecule has 0 saturated carbocycles. The van der Waals surface area contributed by atoms with Crippen LogP contribution in [-0.2, 0) is 17.1 Å². The number of halogens is 3. The van der Waals surface area contributed by atoms with Gasteiger partial charge in [-0.15, -0.1) is 11.6 Å². The molecule has 0 aromatic carbocycles. The summed E-state index contributed by atoms with van der Waals surface area (Å²) >= 11 is 5.60. The Morgan fingerprint density at radius 3 is 2.71 bits per heavy atom. The van der Waals surface area contributed by atoms with Gasteiger partial charge in [0.15, 0.2) is 0 Å². The second-order valence-electron chi connectivity index (χ2n) is 3.19. The van der Waals surface area contributed by atoms with Crippen molar-refractivity contribution in [2.75, 3.05) is 7.11 Å². The molecular weight excluding hydrogens is 256 g/mol. The number of hydrogen-bond acceptors (Lipinski definition) is 3. The molecule has 1 aromatic rings. The van der Waals surface area contributed by atoms with E-state index in [9.17, 15) is 13.6 Å². The van der Waals surface area contributed by atoms with Crippen molar-refractivity contribution >= 4 is 17.6 Å². The van der Waals surface area contributed by atoms with Gasteiger partial charge in [0, 0.05) is 11.9 Å². The molecule has 0 bridgehead atoms. The molecule has 0 unspecified atom stereocenters. The highest BCUT2D eigenvalue weighted by molar-refractivity contribution is 6.17. The van der Waals surface area contributed by atoms with E-state index in [1.807, 2.05) is 0 Å². The normalized spacial score (nSPS) is 10.6. The lowest BCUT2D eigenvalue weighted by atomic mass is 10.0. The van der Waals surface area contributed by atoms with Gasteiger partial charge in [-0.2, -0.15) is 0 Å². The summed E-state index contributed by atoms with van der Waals surface area (Å²) in [6.45, 7) is 0. The predicted molar refractivity (Wildman–Crippen MR) is 56.6 cm³/mol. The zero-order valence-corrected chi connectivity index (χ0v) is 9.67. The molecule has 0 saturated heterocycles. The van der Waals surface area contributed by atoms with Gasteiger partial charge in [-0.1, -0.05) is 0 Å². The van der Waals surface area contributed by atoms with Crippen molar-refractivity contribution in [3.8, 4) is 5.88 Å². The average molecular weight is 266 g/mol. The Morgan fingerprint density at radius 2 is 2.29 bits per heavy atom. The van der Waals surface area contributed by atoms with Crippen LogP contribution in [0.15, 0.2) is 6.07 Å². The fraction of sp³-hybridized carbons (Fsp3) is 0.400. The van der Waals surface area contributed by atoms with E-state index in [0.717, 1.165) is 0 Å². The molecule has 4 nitrogen and oxygen atoms in total. The van der Waals surface area contributed by atoms with Crippen molar-refractivity contribution in [2.45, 2.75) is 18.7 Å². The minimum atomic E-state index is -2.87. The zero-order chi connectivity index (χ0) is 13.0. The first kappa shape index (κ1) is 13.6. The summed E-state index contributed by atoms with van der Waals surface area (Å²) in [5.41, 5.74) is -0.359. The molecule has 1 N–H and O–H groups in total. The van der Waals surface area contributed by atoms with Crippen molar-refractivity contribution < 1.29 is 23.4 Å². The van der Waals surface area contributed by atoms with Gasteiger partial charge in [-0.25, -0.2) is 13.8 Å². The number of rotatable bonds is 5. The van der Waals surface area contributed by atoms with E-state index in [1.54, 1.807) is 0 Å². The maximum atomic E-state index is 12.8. The highest BCUT2D eigenvalue weighted by Gasteiger charge is 2.21. The van der Waals surface area contributed by atoms with Gasteiger partial charge in [0.1, 0.15) is 5.69 Å². The van der Waals surface area contributed by atoms with Gasteiger partial charge < -0.3 is 9.84 Å². The number of aromatic nitrogens is 1. The van der Waals surface area contributed by atoms with E-state index in [-0.39, 0.29) is 22.9 Å². The average Bonchev–Trinajstić information content (AvgIpc) is 2.28. The summed E-state index contributed by atoms with van der Waals surface area (Å²) in [5.74, 6) is -1.31. The van der Waals surface area contributed by atoms with E-state index in [1.165, 1.54) is 13.2 Å². The Labute approximate surface area is 101 Å². The Balaban J connectivity index is 3.35. The maximum Gasteiger partial charge on any atom is 0.307 e. The monoisotopic (exact) mass is 265 g/mol. The van der Waals surface area contributed by atoms with Crippen molar-refractivity contribution in [1.82, 2.24) is 4.98 Å². The number of carboxylic acid groups (broad SMARTS) is 1. The van der Waals surface area contributed by atoms with E-state index in [4.69, 9.17) is 21.4 Å². The van der Waals surface area contributed by atoms with Crippen LogP contribution in [0.2, 0.25) is 0 Å². The molecule has 0 atom stereocenters. The van der Waals surface area contributed by atoms with Gasteiger partial charge in [0.05, 0.1) is 13.5 Å². The zero-order valence-electron chi connectivity index (χ0n) is 8.91. The first-order chi connectivity index (χ1) is 7.99. The third-order valence-corrected chi connectivity index (χ3v) is 2.40. The molecule has 0 amide bonds. The van der Waals surface area contributed by atoms with Gasteiger partial charge in [-0.05, 0) is 11.1 Å². The van der Waals surface area contributed by atoms with Gasteiger partial charge in [0.2, 0.25) is 5.88 Å². The lowest BCUT2D eigenvalue weighted by Crippen LogP contribution is -2.10. The molecule has 0 radical (unpaired) electrons. The fourth-order valence-corrected chi connectivity index (χ4v) is 1.62. The molecule has 0 aliphatic heterocycles. The van der Waals surface area contributed by atoms with Crippen molar-refractivity contribution in [3.63, 3.8) is 0 Å². The minimum Gasteiger partial charge on any atom is -0.481 e. The van der Waals surface area contributed by atoms with Gasteiger partial charge in [0.25, 0.3) is 6.43 Å². The third-order valence-electron chi connectivity index (χ3n) is 2.11. The van der Waals surface area contributed by atoms with E-state index in [2.05, 4.69) is 4.98 Å². The number of aliphatic carboxylic acids is 1. The number of ether oxygens (including phenoxy) is 1. The lowest BCUT2D eigenvalue weighted by molar-refractivity contribution is -0.136. The number of alkyl halides is 3. The Kier molecular flexibility index (Phi) is 4.62. The summed E-state index contributed by atoms with van der Waals surface area (Å²) in [7, 11) is 1.28. The van der Waals surface area contributed by atoms with Gasteiger partial charge in [-0.3, -0.25) is 4.79 Å². The highest BCUT2D eigenvalue weighted by Crippen LogP contribution is 2.28. The summed E-state index contributed by atoms with van der Waals surface area (Å²) in [6.07, 6.45) is -3.42. The maximum absolute atomic E-state index is 12.8. The first-order valence-electron chi connectivity index (χ1n) is 4.62. The molecule has 7 heteroatoms. The highest BCUT2D eigenvalue weighted by atomic mass is 35.5. The summed E-state index contributed by atoms with van der Waals surface area (Å²) < 4.78 is 30.3. The molecule has 1 aromatic heterocycles. The Morgan fingerprint density at radius 1 is 1.65 bits per heavy atom. The van der Waals surface area contributed by atoms with Crippen molar-refractivity contribution in [2.24, 2.45) is 0 Å². The van der Waals surface area contributed by atoms with Crippen molar-refractivity contribution in [3.05, 3.63) is 22.9 Å². The second kappa shape index (κ2) is 5.77.